The van der Waals surface area contributed by atoms with Crippen molar-refractivity contribution in [3.8, 4) is 0 Å². The topological polar surface area (TPSA) is 43.1 Å². The zero-order valence-corrected chi connectivity index (χ0v) is 12.5. The Hall–Kier alpha value is -0.590. The van der Waals surface area contributed by atoms with Gasteiger partial charge in [-0.05, 0) is 31.7 Å². The van der Waals surface area contributed by atoms with Crippen LogP contribution < -0.4 is 5.73 Å². The van der Waals surface area contributed by atoms with E-state index in [0.717, 1.165) is 11.8 Å². The van der Waals surface area contributed by atoms with Crippen LogP contribution in [0.1, 0.15) is 72.1 Å². The Morgan fingerprint density at radius 2 is 2.00 bits per heavy atom. The van der Waals surface area contributed by atoms with E-state index < -0.39 is 0 Å². The van der Waals surface area contributed by atoms with Crippen LogP contribution in [0.4, 0.5) is 0 Å². The van der Waals surface area contributed by atoms with Crippen molar-refractivity contribution in [1.82, 2.24) is 0 Å². The minimum absolute atomic E-state index is 0.543. The maximum absolute atomic E-state index is 9.68. The third kappa shape index (κ3) is 8.49. The number of unbranched alkanes of at least 4 members (excludes halogenated alkanes) is 1. The molecule has 0 bridgehead atoms. The predicted molar refractivity (Wildman–Crippen MR) is 79.2 cm³/mol. The van der Waals surface area contributed by atoms with Crippen molar-refractivity contribution >= 4 is 5.94 Å². The highest BCUT2D eigenvalue weighted by Crippen LogP contribution is 2.32. The van der Waals surface area contributed by atoms with E-state index in [1.807, 2.05) is 0 Å². The quantitative estimate of drug-likeness (QED) is 0.749. The van der Waals surface area contributed by atoms with Crippen molar-refractivity contribution in [2.75, 3.05) is 6.54 Å². The molecule has 0 saturated heterocycles. The van der Waals surface area contributed by atoms with Gasteiger partial charge in [0.25, 0.3) is 0 Å². The highest BCUT2D eigenvalue weighted by molar-refractivity contribution is 5.51. The van der Waals surface area contributed by atoms with Gasteiger partial charge >= 0.3 is 0 Å². The van der Waals surface area contributed by atoms with Gasteiger partial charge in [0.1, 0.15) is 5.94 Å². The molecular weight excluding hydrogens is 222 g/mol. The predicted octanol–water partition coefficient (Wildman–Crippen LogP) is 4.12. The molecule has 1 rings (SSSR count). The molecule has 2 atom stereocenters. The fourth-order valence-electron chi connectivity index (χ4n) is 2.56. The summed E-state index contributed by atoms with van der Waals surface area (Å²) in [7, 11) is 0. The van der Waals surface area contributed by atoms with E-state index in [9.17, 15) is 4.79 Å². The third-order valence-corrected chi connectivity index (χ3v) is 3.91. The van der Waals surface area contributed by atoms with Crippen LogP contribution in [0.3, 0.4) is 0 Å². The minimum Gasteiger partial charge on any atom is -0.330 e. The molecule has 0 radical (unpaired) electrons. The van der Waals surface area contributed by atoms with Gasteiger partial charge in [-0.15, -0.1) is 0 Å². The molecule has 0 amide bonds. The van der Waals surface area contributed by atoms with E-state index in [4.69, 9.17) is 5.73 Å². The van der Waals surface area contributed by atoms with E-state index >= 15 is 0 Å². The molecular formula is C16H31NO. The van der Waals surface area contributed by atoms with E-state index in [0.29, 0.717) is 18.5 Å². The van der Waals surface area contributed by atoms with Crippen LogP contribution in [-0.4, -0.2) is 12.5 Å². The summed E-state index contributed by atoms with van der Waals surface area (Å²) in [5.41, 5.74) is 5.80. The zero-order valence-electron chi connectivity index (χ0n) is 12.5. The fraction of sp³-hybridized carbons (Fsp3) is 0.875. The first kappa shape index (κ1) is 17.4. The Bertz CT molecular complexity index is 243. The summed E-state index contributed by atoms with van der Waals surface area (Å²) in [6.45, 7) is 7.01. The van der Waals surface area contributed by atoms with Gasteiger partial charge in [0.15, 0.2) is 0 Å². The third-order valence-electron chi connectivity index (χ3n) is 3.91. The molecule has 18 heavy (non-hydrogen) atoms. The monoisotopic (exact) mass is 253 g/mol. The van der Waals surface area contributed by atoms with Crippen molar-refractivity contribution in [3.05, 3.63) is 5.57 Å². The minimum atomic E-state index is 0.543. The lowest BCUT2D eigenvalue weighted by Crippen LogP contribution is -2.16. The molecule has 2 nitrogen and oxygen atoms in total. The molecule has 0 aromatic carbocycles. The van der Waals surface area contributed by atoms with Crippen LogP contribution in [0.25, 0.3) is 0 Å². The largest absolute Gasteiger partial charge is 0.330 e. The SMILES string of the molecule is CC(=C=O)CCN.CCCCC1CCCCC1C. The summed E-state index contributed by atoms with van der Waals surface area (Å²) in [4.78, 5) is 9.68. The van der Waals surface area contributed by atoms with E-state index in [1.165, 1.54) is 44.9 Å². The molecule has 106 valence electrons. The maximum atomic E-state index is 9.68. The van der Waals surface area contributed by atoms with Gasteiger partial charge in [-0.25, -0.2) is 4.79 Å². The van der Waals surface area contributed by atoms with E-state index in [1.54, 1.807) is 12.9 Å². The number of carbonyl (C=O) groups excluding carboxylic acids is 1. The number of hydrogen-bond acceptors (Lipinski definition) is 2. The molecule has 0 heterocycles. The number of hydrogen-bond donors (Lipinski definition) is 1. The molecule has 1 aliphatic rings. The first-order valence-electron chi connectivity index (χ1n) is 7.56. The highest BCUT2D eigenvalue weighted by Gasteiger charge is 2.19. The van der Waals surface area contributed by atoms with E-state index in [-0.39, 0.29) is 0 Å². The lowest BCUT2D eigenvalue weighted by molar-refractivity contribution is 0.237. The highest BCUT2D eigenvalue weighted by atomic mass is 16.1. The van der Waals surface area contributed by atoms with Crippen molar-refractivity contribution in [2.45, 2.75) is 72.1 Å². The molecule has 0 aliphatic heterocycles. The van der Waals surface area contributed by atoms with E-state index in [2.05, 4.69) is 13.8 Å². The van der Waals surface area contributed by atoms with Gasteiger partial charge in [0.05, 0.1) is 0 Å². The first-order valence-corrected chi connectivity index (χ1v) is 7.56. The molecule has 1 saturated carbocycles. The molecule has 2 heteroatoms. The molecule has 0 aromatic heterocycles. The number of nitrogens with two attached hydrogens (primary N) is 1. The number of rotatable bonds is 5. The van der Waals surface area contributed by atoms with Crippen LogP contribution in [0.5, 0.6) is 0 Å². The molecule has 1 fully saturated rings. The fourth-order valence-corrected chi connectivity index (χ4v) is 2.56. The first-order chi connectivity index (χ1) is 8.65. The summed E-state index contributed by atoms with van der Waals surface area (Å²) in [5.74, 6) is 3.85. The van der Waals surface area contributed by atoms with Gasteiger partial charge in [0.2, 0.25) is 0 Å². The van der Waals surface area contributed by atoms with Crippen LogP contribution >= 0.6 is 0 Å². The van der Waals surface area contributed by atoms with Crippen molar-refractivity contribution < 1.29 is 4.79 Å². The summed E-state index contributed by atoms with van der Waals surface area (Å²) in [6.07, 6.45) is 11.0. The molecule has 1 aliphatic carbocycles. The Balaban J connectivity index is 0.000000360. The second-order valence-corrected chi connectivity index (χ2v) is 5.59. The Kier molecular flexibility index (Phi) is 11.1. The lowest BCUT2D eigenvalue weighted by atomic mass is 9.78. The van der Waals surface area contributed by atoms with Crippen LogP contribution in [0.15, 0.2) is 5.57 Å². The average molecular weight is 253 g/mol. The van der Waals surface area contributed by atoms with Crippen molar-refractivity contribution in [1.29, 1.82) is 0 Å². The second-order valence-electron chi connectivity index (χ2n) is 5.59. The van der Waals surface area contributed by atoms with Crippen LogP contribution in [0.2, 0.25) is 0 Å². The van der Waals surface area contributed by atoms with Gasteiger partial charge in [-0.3, -0.25) is 0 Å². The lowest BCUT2D eigenvalue weighted by Gasteiger charge is -2.28. The molecule has 2 N–H and O–H groups in total. The smallest absolute Gasteiger partial charge is 0.123 e. The molecule has 0 spiro atoms. The summed E-state index contributed by atoms with van der Waals surface area (Å²) in [6, 6.07) is 0. The van der Waals surface area contributed by atoms with Crippen LogP contribution in [0, 0.1) is 11.8 Å². The normalized spacial score (nSPS) is 22.7. The maximum Gasteiger partial charge on any atom is 0.123 e. The molecule has 2 unspecified atom stereocenters. The zero-order chi connectivity index (χ0) is 13.8. The Morgan fingerprint density at radius 3 is 2.44 bits per heavy atom. The van der Waals surface area contributed by atoms with Gasteiger partial charge in [0, 0.05) is 5.57 Å². The summed E-state index contributed by atoms with van der Waals surface area (Å²) >= 11 is 0. The average Bonchev–Trinajstić information content (AvgIpc) is 2.39. The van der Waals surface area contributed by atoms with Gasteiger partial charge in [-0.1, -0.05) is 58.8 Å². The molecule has 0 aromatic rings. The Labute approximate surface area is 113 Å². The summed E-state index contributed by atoms with van der Waals surface area (Å²) < 4.78 is 0. The van der Waals surface area contributed by atoms with Gasteiger partial charge in [-0.2, -0.15) is 0 Å². The van der Waals surface area contributed by atoms with Crippen molar-refractivity contribution in [3.63, 3.8) is 0 Å². The van der Waals surface area contributed by atoms with Crippen LogP contribution in [-0.2, 0) is 4.79 Å². The van der Waals surface area contributed by atoms with Crippen molar-refractivity contribution in [2.24, 2.45) is 17.6 Å². The second kappa shape index (κ2) is 11.5. The summed E-state index contributed by atoms with van der Waals surface area (Å²) in [5, 5.41) is 0. The Morgan fingerprint density at radius 1 is 1.33 bits per heavy atom. The van der Waals surface area contributed by atoms with Gasteiger partial charge < -0.3 is 5.73 Å². The standard InChI is InChI=1S/C11H22.C5H9NO/c1-3-4-8-11-9-6-5-7-10(11)2;1-5(4-7)2-3-6/h10-11H,3-9H2,1-2H3;2-3,6H2,1H3.